The van der Waals surface area contributed by atoms with E-state index in [1.807, 2.05) is 36.4 Å². The molecule has 0 fully saturated rings. The molecule has 0 saturated heterocycles. The minimum Gasteiger partial charge on any atom is -0.466 e. The third kappa shape index (κ3) is 21.9. The average Bonchev–Trinajstić information content (AvgIpc) is 3.94. The molecule has 0 heterocycles. The SMILES string of the molecule is C=CCN(CC(Cc1ccc(F)[c-]c1F)C(=O)OCC)C(C)=O.C=CCN(CC(Cc1ccc(F)[c-]c1F)C(=O)OCC)C(C)=O.[C-]1=CC=CC1.[C-]1=CC=CC1.[Ti+4]. The Morgan fingerprint density at radius 1 is 0.702 bits per heavy atom. The van der Waals surface area contributed by atoms with Gasteiger partial charge in [0.2, 0.25) is 11.8 Å². The summed E-state index contributed by atoms with van der Waals surface area (Å²) >= 11 is 0. The number of esters is 2. The number of carbonyl (C=O) groups excluding carboxylic acids is 4. The van der Waals surface area contributed by atoms with Crippen molar-refractivity contribution in [1.29, 1.82) is 0 Å². The van der Waals surface area contributed by atoms with Crippen molar-refractivity contribution in [3.8, 4) is 0 Å². The molecule has 4 rings (SSSR count). The summed E-state index contributed by atoms with van der Waals surface area (Å²) in [4.78, 5) is 50.2. The summed E-state index contributed by atoms with van der Waals surface area (Å²) in [6, 6.07) is 8.55. The Hall–Kier alpha value is -4.81. The molecule has 0 saturated carbocycles. The van der Waals surface area contributed by atoms with Crippen molar-refractivity contribution in [2.24, 2.45) is 11.8 Å². The molecular weight excluding hydrogens is 776 g/mol. The smallest absolute Gasteiger partial charge is 0.466 e. The molecule has 0 bridgehead atoms. The van der Waals surface area contributed by atoms with Crippen molar-refractivity contribution in [3.63, 3.8) is 0 Å². The van der Waals surface area contributed by atoms with Gasteiger partial charge in [-0.1, -0.05) is 25.0 Å². The molecule has 0 aliphatic heterocycles. The standard InChI is InChI=1S/2C17H20F2NO3.2C5H5.Ti/c2*1-4-8-20(12(3)21)11-14(17(22)23-5-2)9-13-6-7-15(18)10-16(13)19;2*1-2-4-5-3-1;/h2*4,6-7,14H,1,5,8-9,11H2,2-3H3;2*1-3H,4H2;/q4*-1;+4. The van der Waals surface area contributed by atoms with Crippen molar-refractivity contribution in [3.05, 3.63) is 145 Å². The van der Waals surface area contributed by atoms with Gasteiger partial charge in [-0.2, -0.15) is 24.3 Å². The van der Waals surface area contributed by atoms with Gasteiger partial charge in [0, 0.05) is 63.3 Å². The average molecular weight is 827 g/mol. The van der Waals surface area contributed by atoms with E-state index in [0.717, 1.165) is 25.0 Å². The first-order valence-electron chi connectivity index (χ1n) is 18.0. The van der Waals surface area contributed by atoms with Gasteiger partial charge in [-0.25, -0.2) is 41.9 Å². The molecule has 0 N–H and O–H groups in total. The summed E-state index contributed by atoms with van der Waals surface area (Å²) < 4.78 is 63.4. The zero-order valence-corrected chi connectivity index (χ0v) is 34.5. The molecule has 2 aromatic rings. The van der Waals surface area contributed by atoms with Gasteiger partial charge in [0.1, 0.15) is 0 Å². The molecule has 57 heavy (non-hydrogen) atoms. The zero-order valence-electron chi connectivity index (χ0n) is 32.9. The van der Waals surface area contributed by atoms with Gasteiger partial charge >= 0.3 is 33.7 Å². The number of hydrogen-bond donors (Lipinski definition) is 0. The van der Waals surface area contributed by atoms with Crippen molar-refractivity contribution in [1.82, 2.24) is 9.80 Å². The number of halogens is 4. The third-order valence-electron chi connectivity index (χ3n) is 7.70. The minimum absolute atomic E-state index is 0. The zero-order chi connectivity index (χ0) is 41.9. The van der Waals surface area contributed by atoms with Gasteiger partial charge in [-0.15, -0.1) is 61.4 Å². The van der Waals surface area contributed by atoms with E-state index >= 15 is 0 Å². The fourth-order valence-corrected chi connectivity index (χ4v) is 4.95. The second-order valence-electron chi connectivity index (χ2n) is 12.0. The summed E-state index contributed by atoms with van der Waals surface area (Å²) in [7, 11) is 0. The molecule has 2 amide bonds. The maximum atomic E-state index is 13.8. The molecule has 304 valence electrons. The van der Waals surface area contributed by atoms with E-state index in [0.29, 0.717) is 0 Å². The first-order chi connectivity index (χ1) is 26.8. The first kappa shape index (κ1) is 52.2. The van der Waals surface area contributed by atoms with Gasteiger partial charge in [-0.3, -0.25) is 31.3 Å². The van der Waals surface area contributed by atoms with E-state index < -0.39 is 47.0 Å². The molecule has 0 spiro atoms. The fraction of sp³-hybridized carbons (Fsp3) is 0.364. The van der Waals surface area contributed by atoms with E-state index in [9.17, 15) is 36.7 Å². The number of nitrogens with zero attached hydrogens (tertiary/aromatic N) is 2. The van der Waals surface area contributed by atoms with Crippen molar-refractivity contribution in [2.75, 3.05) is 39.4 Å². The molecule has 2 aliphatic carbocycles. The Kier molecular flexibility index (Phi) is 27.8. The van der Waals surface area contributed by atoms with Crippen molar-refractivity contribution in [2.45, 2.75) is 53.4 Å². The van der Waals surface area contributed by atoms with E-state index in [2.05, 4.69) is 37.5 Å². The molecule has 13 heteroatoms. The molecule has 2 atom stereocenters. The minimum atomic E-state index is -0.850. The maximum absolute atomic E-state index is 13.8. The topological polar surface area (TPSA) is 93.2 Å². The van der Waals surface area contributed by atoms with E-state index in [4.69, 9.17) is 9.47 Å². The van der Waals surface area contributed by atoms with Crippen LogP contribution in [-0.4, -0.2) is 72.9 Å². The molecule has 2 unspecified atom stereocenters. The van der Waals surface area contributed by atoms with Crippen LogP contribution in [0.2, 0.25) is 0 Å². The van der Waals surface area contributed by atoms with Crippen LogP contribution in [0.5, 0.6) is 0 Å². The Balaban J connectivity index is 0.000000865. The van der Waals surface area contributed by atoms with Crippen LogP contribution in [0.4, 0.5) is 17.6 Å². The number of allylic oxidation sites excluding steroid dienone is 8. The van der Waals surface area contributed by atoms with Crippen LogP contribution in [0, 0.1) is 59.4 Å². The summed E-state index contributed by atoms with van der Waals surface area (Å²) in [5.74, 6) is -6.37. The number of benzene rings is 2. The van der Waals surface area contributed by atoms with Crippen LogP contribution in [0.1, 0.15) is 51.7 Å². The summed E-state index contributed by atoms with van der Waals surface area (Å²) in [5.41, 5.74) is 0.290. The summed E-state index contributed by atoms with van der Waals surface area (Å²) in [5, 5.41) is 0. The second-order valence-corrected chi connectivity index (χ2v) is 12.0. The predicted molar refractivity (Wildman–Crippen MR) is 206 cm³/mol. The van der Waals surface area contributed by atoms with Crippen molar-refractivity contribution >= 4 is 23.8 Å². The first-order valence-corrected chi connectivity index (χ1v) is 18.0. The predicted octanol–water partition coefficient (Wildman–Crippen LogP) is 7.65. The van der Waals surface area contributed by atoms with Crippen molar-refractivity contribution < 1.29 is 67.9 Å². The van der Waals surface area contributed by atoms with Gasteiger partial charge in [0.15, 0.2) is 0 Å². The molecule has 0 aromatic heterocycles. The Bertz CT molecular complexity index is 1570. The van der Waals surface area contributed by atoms with Crippen LogP contribution in [0.15, 0.2) is 86.0 Å². The van der Waals surface area contributed by atoms with E-state index in [-0.39, 0.29) is 96.9 Å². The molecule has 2 aromatic carbocycles. The normalized spacial score (nSPS) is 12.5. The Labute approximate surface area is 349 Å². The van der Waals surface area contributed by atoms with Gasteiger partial charge in [0.25, 0.3) is 0 Å². The van der Waals surface area contributed by atoms with Gasteiger partial charge < -0.3 is 19.3 Å². The van der Waals surface area contributed by atoms with Crippen LogP contribution >= 0.6 is 0 Å². The van der Waals surface area contributed by atoms with E-state index in [1.165, 1.54) is 47.9 Å². The van der Waals surface area contributed by atoms with E-state index in [1.54, 1.807) is 13.8 Å². The summed E-state index contributed by atoms with van der Waals surface area (Å²) in [6.07, 6.45) is 23.1. The number of ether oxygens (including phenoxy) is 2. The number of rotatable bonds is 16. The van der Waals surface area contributed by atoms with Gasteiger partial charge in [0.05, 0.1) is 25.0 Å². The summed E-state index contributed by atoms with van der Waals surface area (Å²) in [6.45, 7) is 14.2. The molecule has 2 aliphatic rings. The maximum Gasteiger partial charge on any atom is 4.00 e. The van der Waals surface area contributed by atoms with Crippen LogP contribution in [0.25, 0.3) is 0 Å². The van der Waals surface area contributed by atoms with Crippen LogP contribution in [-0.2, 0) is 63.2 Å². The quantitative estimate of drug-likeness (QED) is 0.0568. The number of amides is 2. The fourth-order valence-electron chi connectivity index (χ4n) is 4.95. The molecule has 8 nitrogen and oxygen atoms in total. The number of hydrogen-bond acceptors (Lipinski definition) is 6. The van der Waals surface area contributed by atoms with Crippen LogP contribution < -0.4 is 0 Å². The monoisotopic (exact) mass is 826 g/mol. The second kappa shape index (κ2) is 30.3. The Morgan fingerprint density at radius 2 is 1.07 bits per heavy atom. The largest absolute Gasteiger partial charge is 4.00 e. The third-order valence-corrected chi connectivity index (χ3v) is 7.70. The van der Waals surface area contributed by atoms with Gasteiger partial charge in [-0.05, 0) is 13.8 Å². The molecular formula is C44H50F4N2O6Ti. The number of carbonyl (C=O) groups is 4. The Morgan fingerprint density at radius 3 is 1.30 bits per heavy atom. The van der Waals surface area contributed by atoms with Crippen LogP contribution in [0.3, 0.4) is 0 Å². The molecule has 0 radical (unpaired) electrons.